The number of carbonyl (C=O) groups excluding carboxylic acids is 2. The van der Waals surface area contributed by atoms with Crippen molar-refractivity contribution >= 4 is 11.8 Å². The molecule has 6 heteroatoms. The SMILES string of the molecule is O=C(CN1CCN(CC(=O)NC2CCCCC2)CC1)NCc1ccccc1. The van der Waals surface area contributed by atoms with Crippen molar-refractivity contribution in [1.29, 1.82) is 0 Å². The van der Waals surface area contributed by atoms with Crippen LogP contribution >= 0.6 is 0 Å². The maximum Gasteiger partial charge on any atom is 0.234 e. The summed E-state index contributed by atoms with van der Waals surface area (Å²) in [5.41, 5.74) is 1.11. The summed E-state index contributed by atoms with van der Waals surface area (Å²) in [7, 11) is 0. The molecule has 2 aliphatic rings. The van der Waals surface area contributed by atoms with Gasteiger partial charge in [0, 0.05) is 38.8 Å². The highest BCUT2D eigenvalue weighted by Crippen LogP contribution is 2.17. The van der Waals surface area contributed by atoms with E-state index in [-0.39, 0.29) is 11.8 Å². The molecule has 1 heterocycles. The van der Waals surface area contributed by atoms with Crippen LogP contribution in [-0.4, -0.2) is 66.9 Å². The molecule has 0 radical (unpaired) electrons. The highest BCUT2D eigenvalue weighted by atomic mass is 16.2. The lowest BCUT2D eigenvalue weighted by Gasteiger charge is -2.34. The molecule has 0 aromatic heterocycles. The molecular weight excluding hydrogens is 340 g/mol. The number of piperazine rings is 1. The smallest absolute Gasteiger partial charge is 0.234 e. The van der Waals surface area contributed by atoms with Crippen molar-refractivity contribution < 1.29 is 9.59 Å². The zero-order valence-corrected chi connectivity index (χ0v) is 16.2. The normalized spacial score (nSPS) is 19.6. The van der Waals surface area contributed by atoms with Crippen molar-refractivity contribution in [3.05, 3.63) is 35.9 Å². The van der Waals surface area contributed by atoms with E-state index in [0.29, 0.717) is 25.7 Å². The van der Waals surface area contributed by atoms with Crippen LogP contribution < -0.4 is 10.6 Å². The second-order valence-corrected chi connectivity index (χ2v) is 7.72. The standard InChI is InChI=1S/C21H32N4O2/c26-20(22-15-18-7-3-1-4-8-18)16-24-11-13-25(14-12-24)17-21(27)23-19-9-5-2-6-10-19/h1,3-4,7-8,19H,2,5-6,9-17H2,(H,22,26)(H,23,27). The van der Waals surface area contributed by atoms with Crippen LogP contribution in [-0.2, 0) is 16.1 Å². The summed E-state index contributed by atoms with van der Waals surface area (Å²) < 4.78 is 0. The average molecular weight is 373 g/mol. The fraction of sp³-hybridized carbons (Fsp3) is 0.619. The number of nitrogens with zero attached hydrogens (tertiary/aromatic N) is 2. The minimum atomic E-state index is 0.0577. The molecule has 1 saturated heterocycles. The number of benzene rings is 1. The predicted molar refractivity (Wildman–Crippen MR) is 106 cm³/mol. The first-order valence-electron chi connectivity index (χ1n) is 10.2. The van der Waals surface area contributed by atoms with Gasteiger partial charge in [-0.1, -0.05) is 49.6 Å². The Morgan fingerprint density at radius 1 is 0.852 bits per heavy atom. The van der Waals surface area contributed by atoms with Gasteiger partial charge in [-0.05, 0) is 18.4 Å². The topological polar surface area (TPSA) is 64.7 Å². The number of nitrogens with one attached hydrogen (secondary N) is 2. The Bertz CT molecular complexity index is 593. The van der Waals surface area contributed by atoms with Gasteiger partial charge in [0.2, 0.25) is 11.8 Å². The van der Waals surface area contributed by atoms with Crippen LogP contribution in [0.25, 0.3) is 0 Å². The second kappa shape index (κ2) is 10.4. The number of hydrogen-bond donors (Lipinski definition) is 2. The Morgan fingerprint density at radius 3 is 2.07 bits per heavy atom. The van der Waals surface area contributed by atoms with Gasteiger partial charge in [0.25, 0.3) is 0 Å². The van der Waals surface area contributed by atoms with Gasteiger partial charge >= 0.3 is 0 Å². The molecule has 0 bridgehead atoms. The van der Waals surface area contributed by atoms with Crippen LogP contribution in [0.2, 0.25) is 0 Å². The maximum atomic E-state index is 12.2. The largest absolute Gasteiger partial charge is 0.352 e. The Hall–Kier alpha value is -1.92. The Morgan fingerprint density at radius 2 is 1.44 bits per heavy atom. The van der Waals surface area contributed by atoms with E-state index in [1.807, 2.05) is 30.3 Å². The summed E-state index contributed by atoms with van der Waals surface area (Å²) >= 11 is 0. The lowest BCUT2D eigenvalue weighted by Crippen LogP contribution is -2.52. The number of hydrogen-bond acceptors (Lipinski definition) is 4. The van der Waals surface area contributed by atoms with Gasteiger partial charge < -0.3 is 10.6 Å². The van der Waals surface area contributed by atoms with Crippen LogP contribution in [0.1, 0.15) is 37.7 Å². The van der Waals surface area contributed by atoms with Gasteiger partial charge in [-0.2, -0.15) is 0 Å². The van der Waals surface area contributed by atoms with Gasteiger partial charge in [0.15, 0.2) is 0 Å². The first kappa shape index (κ1) is 19.8. The minimum Gasteiger partial charge on any atom is -0.352 e. The van der Waals surface area contributed by atoms with Crippen molar-refractivity contribution in [1.82, 2.24) is 20.4 Å². The van der Waals surface area contributed by atoms with Gasteiger partial charge in [0.1, 0.15) is 0 Å². The van der Waals surface area contributed by atoms with Gasteiger partial charge in [-0.25, -0.2) is 0 Å². The molecule has 3 rings (SSSR count). The molecule has 1 aliphatic carbocycles. The van der Waals surface area contributed by atoms with Gasteiger partial charge in [0.05, 0.1) is 13.1 Å². The maximum absolute atomic E-state index is 12.2. The van der Waals surface area contributed by atoms with E-state index in [0.717, 1.165) is 44.6 Å². The van der Waals surface area contributed by atoms with Gasteiger partial charge in [-0.3, -0.25) is 19.4 Å². The number of carbonyl (C=O) groups is 2. The Kier molecular flexibility index (Phi) is 7.66. The zero-order chi connectivity index (χ0) is 18.9. The first-order chi connectivity index (χ1) is 13.2. The minimum absolute atomic E-state index is 0.0577. The van der Waals surface area contributed by atoms with Crippen LogP contribution in [0.3, 0.4) is 0 Å². The predicted octanol–water partition coefficient (Wildman–Crippen LogP) is 1.37. The van der Waals surface area contributed by atoms with Crippen LogP contribution in [0, 0.1) is 0 Å². The van der Waals surface area contributed by atoms with E-state index in [2.05, 4.69) is 20.4 Å². The monoisotopic (exact) mass is 372 g/mol. The van der Waals surface area contributed by atoms with Crippen LogP contribution in [0.5, 0.6) is 0 Å². The zero-order valence-electron chi connectivity index (χ0n) is 16.2. The molecule has 27 heavy (non-hydrogen) atoms. The molecule has 0 unspecified atom stereocenters. The fourth-order valence-electron chi connectivity index (χ4n) is 3.88. The van der Waals surface area contributed by atoms with E-state index in [9.17, 15) is 9.59 Å². The summed E-state index contributed by atoms with van der Waals surface area (Å²) in [6.45, 7) is 4.81. The molecule has 2 amide bonds. The molecule has 1 aromatic rings. The lowest BCUT2D eigenvalue weighted by atomic mass is 9.95. The van der Waals surface area contributed by atoms with E-state index >= 15 is 0 Å². The second-order valence-electron chi connectivity index (χ2n) is 7.72. The Labute approximate surface area is 162 Å². The molecule has 1 saturated carbocycles. The van der Waals surface area contributed by atoms with E-state index in [1.54, 1.807) is 0 Å². The molecule has 6 nitrogen and oxygen atoms in total. The summed E-state index contributed by atoms with van der Waals surface area (Å²) in [5.74, 6) is 0.207. The van der Waals surface area contributed by atoms with Gasteiger partial charge in [-0.15, -0.1) is 0 Å². The van der Waals surface area contributed by atoms with Crippen molar-refractivity contribution in [2.75, 3.05) is 39.3 Å². The molecule has 148 valence electrons. The third kappa shape index (κ3) is 6.96. The van der Waals surface area contributed by atoms with Crippen molar-refractivity contribution in [3.8, 4) is 0 Å². The molecular formula is C21H32N4O2. The summed E-state index contributed by atoms with van der Waals surface area (Å²) in [6.07, 6.45) is 6.01. The quantitative estimate of drug-likeness (QED) is 0.759. The highest BCUT2D eigenvalue weighted by molar-refractivity contribution is 5.78. The summed E-state index contributed by atoms with van der Waals surface area (Å²) in [6, 6.07) is 10.3. The van der Waals surface area contributed by atoms with Crippen molar-refractivity contribution in [3.63, 3.8) is 0 Å². The summed E-state index contributed by atoms with van der Waals surface area (Å²) in [5, 5.41) is 6.16. The van der Waals surface area contributed by atoms with Crippen molar-refractivity contribution in [2.45, 2.75) is 44.7 Å². The third-order valence-electron chi connectivity index (χ3n) is 5.50. The average Bonchev–Trinajstić information content (AvgIpc) is 2.69. The molecule has 2 fully saturated rings. The molecule has 2 N–H and O–H groups in total. The van der Waals surface area contributed by atoms with Crippen LogP contribution in [0.15, 0.2) is 30.3 Å². The molecule has 0 atom stereocenters. The fourth-order valence-corrected chi connectivity index (χ4v) is 3.88. The Balaban J connectivity index is 1.30. The van der Waals surface area contributed by atoms with E-state index in [1.165, 1.54) is 19.3 Å². The number of rotatable bonds is 7. The number of amides is 2. The highest BCUT2D eigenvalue weighted by Gasteiger charge is 2.22. The van der Waals surface area contributed by atoms with E-state index < -0.39 is 0 Å². The molecule has 0 spiro atoms. The van der Waals surface area contributed by atoms with E-state index in [4.69, 9.17) is 0 Å². The molecule has 1 aromatic carbocycles. The first-order valence-corrected chi connectivity index (χ1v) is 10.2. The molecule has 1 aliphatic heterocycles. The van der Waals surface area contributed by atoms with Crippen LogP contribution in [0.4, 0.5) is 0 Å². The summed E-state index contributed by atoms with van der Waals surface area (Å²) in [4.78, 5) is 28.7. The van der Waals surface area contributed by atoms with Crippen molar-refractivity contribution in [2.24, 2.45) is 0 Å². The lowest BCUT2D eigenvalue weighted by molar-refractivity contribution is -0.125. The third-order valence-corrected chi connectivity index (χ3v) is 5.50.